The highest BCUT2D eigenvalue weighted by Gasteiger charge is 2.20. The van der Waals surface area contributed by atoms with Gasteiger partial charge in [-0.15, -0.1) is 0 Å². The molecule has 0 aliphatic heterocycles. The lowest BCUT2D eigenvalue weighted by molar-refractivity contribution is 1.17. The van der Waals surface area contributed by atoms with E-state index in [0.29, 0.717) is 0 Å². The minimum absolute atomic E-state index is 1.18. The lowest BCUT2D eigenvalue weighted by atomic mass is 9.97. The van der Waals surface area contributed by atoms with Crippen molar-refractivity contribution in [2.24, 2.45) is 0 Å². The predicted octanol–water partition coefficient (Wildman–Crippen LogP) is 40.2. The zero-order chi connectivity index (χ0) is 96.7. The van der Waals surface area contributed by atoms with Crippen LogP contribution < -0.4 is 0 Å². The molecule has 0 amide bonds. The van der Waals surface area contributed by atoms with Gasteiger partial charge in [0.1, 0.15) is 0 Å². The molecule has 5 heterocycles. The Kier molecular flexibility index (Phi) is 44.8. The highest BCUT2D eigenvalue weighted by atomic mass is 15.0. The van der Waals surface area contributed by atoms with Gasteiger partial charge in [0, 0.05) is 82.3 Å². The molecule has 22 rings (SSSR count). The van der Waals surface area contributed by atoms with Crippen LogP contribution in [0, 0.1) is 13.8 Å². The first-order valence-electron chi connectivity index (χ1n) is 49.5. The van der Waals surface area contributed by atoms with Gasteiger partial charge in [0.25, 0.3) is 0 Å². The van der Waals surface area contributed by atoms with E-state index in [1.165, 1.54) is 182 Å². The Hall–Kier alpha value is -14.3. The first-order valence-corrected chi connectivity index (χ1v) is 49.5. The van der Waals surface area contributed by atoms with E-state index in [9.17, 15) is 0 Å². The third kappa shape index (κ3) is 24.1. The fourth-order valence-corrected chi connectivity index (χ4v) is 16.6. The van der Waals surface area contributed by atoms with Gasteiger partial charge in [0.05, 0.1) is 55.2 Å². The molecule has 133 heavy (non-hydrogen) atoms. The van der Waals surface area contributed by atoms with Crippen molar-refractivity contribution in [2.45, 2.75) is 180 Å². The summed E-state index contributed by atoms with van der Waals surface area (Å²) in [5.74, 6) is 0. The normalized spacial score (nSPS) is 9.88. The zero-order valence-corrected chi connectivity index (χ0v) is 84.6. The van der Waals surface area contributed by atoms with E-state index < -0.39 is 0 Å². The number of fused-ring (bicyclic) bond motifs is 15. The first-order chi connectivity index (χ1) is 65.9. The molecule has 684 valence electrons. The Bertz CT molecular complexity index is 6610. The summed E-state index contributed by atoms with van der Waals surface area (Å²) in [5.41, 5.74) is 28.4. The van der Waals surface area contributed by atoms with E-state index in [-0.39, 0.29) is 0 Å². The number of hydrogen-bond donors (Lipinski definition) is 0. The van der Waals surface area contributed by atoms with Crippen LogP contribution in [-0.2, 0) is 0 Å². The Morgan fingerprint density at radius 3 is 0.526 bits per heavy atom. The standard InChI is InChI=1S/2C30H20N2.C25H19N.C19H16.12C2H6/c2*1-2-10-21(11-3-1)31-29-17-9-6-14-25(29)26-20-22(18-19-30(26)31)32-27-15-7-4-12-23(27)24-13-5-8-16-28(24)32;1-18-15-20(19-9-3-2-4-10-19)17-21(16-18)26-24-13-7-5-11-22(24)23-12-6-8-14-25(23)26;1-15-12-18(16-8-4-2-5-9-16)14-19(13-15)17-10-6-3-7-11-17;12*1-2/h2*1-20H;2-17H,1H3;2-14H,1H3;12*1-2H3. The Morgan fingerprint density at radius 2 is 0.286 bits per heavy atom. The monoisotopic (exact) mass is 1750 g/mol. The predicted molar refractivity (Wildman–Crippen MR) is 599 cm³/mol. The molecule has 0 aliphatic rings. The van der Waals surface area contributed by atoms with Gasteiger partial charge in [-0.25, -0.2) is 0 Å². The summed E-state index contributed by atoms with van der Waals surface area (Å²) in [6.45, 7) is 52.3. The van der Waals surface area contributed by atoms with Crippen LogP contribution in [0.4, 0.5) is 0 Å². The quantitative estimate of drug-likeness (QED) is 0.145. The van der Waals surface area contributed by atoms with Crippen molar-refractivity contribution in [3.8, 4) is 61.8 Å². The molecular weight excluding hydrogens is 1610 g/mol. The van der Waals surface area contributed by atoms with Crippen molar-refractivity contribution in [1.29, 1.82) is 0 Å². The molecule has 0 N–H and O–H groups in total. The average Bonchev–Trinajstić information content (AvgIpc) is 1.70. The molecule has 22 aromatic rings. The average molecular weight is 1760 g/mol. The third-order valence-electron chi connectivity index (χ3n) is 21.3. The minimum Gasteiger partial charge on any atom is -0.309 e. The van der Waals surface area contributed by atoms with Crippen molar-refractivity contribution in [3.63, 3.8) is 0 Å². The highest BCUT2D eigenvalue weighted by Crippen LogP contribution is 2.41. The molecule has 17 aromatic carbocycles. The van der Waals surface area contributed by atoms with Gasteiger partial charge < -0.3 is 22.8 Å². The molecule has 0 saturated carbocycles. The molecule has 0 unspecified atom stereocenters. The molecule has 5 nitrogen and oxygen atoms in total. The summed E-state index contributed by atoms with van der Waals surface area (Å²) in [6, 6.07) is 150. The van der Waals surface area contributed by atoms with Crippen LogP contribution >= 0.6 is 0 Å². The van der Waals surface area contributed by atoms with Crippen molar-refractivity contribution in [2.75, 3.05) is 0 Å². The van der Waals surface area contributed by atoms with E-state index in [4.69, 9.17) is 0 Å². The molecule has 0 radical (unpaired) electrons. The van der Waals surface area contributed by atoms with Crippen molar-refractivity contribution in [1.82, 2.24) is 22.8 Å². The van der Waals surface area contributed by atoms with Crippen LogP contribution in [-0.4, -0.2) is 22.8 Å². The smallest absolute Gasteiger partial charge is 0.0542 e. The molecule has 5 heteroatoms. The minimum atomic E-state index is 1.18. The third-order valence-corrected chi connectivity index (χ3v) is 21.3. The number of para-hydroxylation sites is 10. The topological polar surface area (TPSA) is 24.6 Å². The van der Waals surface area contributed by atoms with E-state index in [2.05, 4.69) is 455 Å². The van der Waals surface area contributed by atoms with Crippen molar-refractivity contribution >= 4 is 109 Å². The van der Waals surface area contributed by atoms with Gasteiger partial charge in [-0.1, -0.05) is 457 Å². The summed E-state index contributed by atoms with van der Waals surface area (Å²) in [4.78, 5) is 0. The summed E-state index contributed by atoms with van der Waals surface area (Å²) in [5, 5.41) is 12.8. The van der Waals surface area contributed by atoms with Crippen LogP contribution in [0.2, 0.25) is 0 Å². The molecule has 0 atom stereocenters. The van der Waals surface area contributed by atoms with Crippen LogP contribution in [0.1, 0.15) is 177 Å². The zero-order valence-electron chi connectivity index (χ0n) is 84.6. The maximum Gasteiger partial charge on any atom is 0.0542 e. The number of aromatic nitrogens is 5. The second kappa shape index (κ2) is 56.4. The molecule has 5 aromatic heterocycles. The second-order valence-electron chi connectivity index (χ2n) is 28.1. The summed E-state index contributed by atoms with van der Waals surface area (Å²) in [6.07, 6.45) is 0. The maximum absolute atomic E-state index is 2.39. The number of benzene rings is 17. The van der Waals surface area contributed by atoms with Gasteiger partial charge in [-0.05, 0) is 186 Å². The molecule has 0 saturated heterocycles. The number of nitrogens with zero attached hydrogens (tertiary/aromatic N) is 5. The van der Waals surface area contributed by atoms with Crippen molar-refractivity contribution in [3.05, 3.63) is 430 Å². The molecule has 0 fully saturated rings. The number of rotatable bonds is 8. The van der Waals surface area contributed by atoms with E-state index in [1.54, 1.807) is 0 Å². The molecule has 0 spiro atoms. The Morgan fingerprint density at radius 1 is 0.113 bits per heavy atom. The largest absolute Gasteiger partial charge is 0.309 e. The lowest BCUT2D eigenvalue weighted by Gasteiger charge is -2.12. The fourth-order valence-electron chi connectivity index (χ4n) is 16.6. The summed E-state index contributed by atoms with van der Waals surface area (Å²) < 4.78 is 11.9. The van der Waals surface area contributed by atoms with E-state index >= 15 is 0 Å². The van der Waals surface area contributed by atoms with Crippen LogP contribution in [0.3, 0.4) is 0 Å². The molecular formula is C128H147N5. The SMILES string of the molecule is CC.CC.CC.CC.CC.CC.CC.CC.CC.CC.CC.CC.Cc1cc(-c2ccccc2)cc(-c2ccccc2)c1.Cc1cc(-c2ccccc2)cc(-n2c3ccccc3c3ccccc32)c1.c1ccc(-n2c3ccccc3c3cc(-n4c5ccccc5c5ccccc54)ccc32)cc1.c1ccc(-n2c3ccccc3c3cc(-n4c5ccccc5c5ccccc54)ccc32)cc1. The van der Waals surface area contributed by atoms with Gasteiger partial charge in [-0.3, -0.25) is 0 Å². The first kappa shape index (κ1) is 106. The van der Waals surface area contributed by atoms with Crippen LogP contribution in [0.15, 0.2) is 419 Å². The summed E-state index contributed by atoms with van der Waals surface area (Å²) >= 11 is 0. The van der Waals surface area contributed by atoms with Crippen LogP contribution in [0.5, 0.6) is 0 Å². The fraction of sp³-hybridized carbons (Fsp3) is 0.203. The van der Waals surface area contributed by atoms with Gasteiger partial charge in [0.15, 0.2) is 0 Å². The highest BCUT2D eigenvalue weighted by molar-refractivity contribution is 6.15. The molecule has 0 aliphatic carbocycles. The van der Waals surface area contributed by atoms with Gasteiger partial charge in [-0.2, -0.15) is 0 Å². The van der Waals surface area contributed by atoms with Gasteiger partial charge >= 0.3 is 0 Å². The maximum atomic E-state index is 2.39. The van der Waals surface area contributed by atoms with Crippen molar-refractivity contribution < 1.29 is 0 Å². The van der Waals surface area contributed by atoms with E-state index in [1.807, 2.05) is 166 Å². The summed E-state index contributed by atoms with van der Waals surface area (Å²) in [7, 11) is 0. The number of aryl methyl sites for hydroxylation is 2. The van der Waals surface area contributed by atoms with E-state index in [0.717, 1.165) is 0 Å². The lowest BCUT2D eigenvalue weighted by Crippen LogP contribution is -1.95. The Labute approximate surface area is 798 Å². The number of hydrogen-bond acceptors (Lipinski definition) is 0. The Balaban J connectivity index is 0.000000227. The second-order valence-corrected chi connectivity index (χ2v) is 28.1. The molecule has 0 bridgehead atoms. The van der Waals surface area contributed by atoms with Gasteiger partial charge in [0.2, 0.25) is 0 Å². The van der Waals surface area contributed by atoms with Crippen LogP contribution in [0.25, 0.3) is 171 Å².